The molecule has 22 nitrogen and oxygen atoms in total. The average Bonchev–Trinajstić information content (AvgIpc) is 3.86. The molecule has 0 amide bonds. The summed E-state index contributed by atoms with van der Waals surface area (Å²) >= 11 is 0. The van der Waals surface area contributed by atoms with E-state index in [9.17, 15) is 71.5 Å². The Labute approximate surface area is 425 Å². The molecule has 29 atom stereocenters. The fourth-order valence-electron chi connectivity index (χ4n) is 14.7. The molecule has 7 fully saturated rings. The van der Waals surface area contributed by atoms with E-state index < -0.39 is 149 Å². The van der Waals surface area contributed by atoms with Crippen molar-refractivity contribution < 1.29 is 109 Å². The first-order valence-corrected chi connectivity index (χ1v) is 26.6. The molecule has 418 valence electrons. The van der Waals surface area contributed by atoms with Crippen LogP contribution in [0.5, 0.6) is 0 Å². The second-order valence-electron chi connectivity index (χ2n) is 23.4. The summed E-state index contributed by atoms with van der Waals surface area (Å²) in [6.07, 6.45) is -21.5. The highest BCUT2D eigenvalue weighted by Gasteiger charge is 2.64. The second-order valence-corrected chi connectivity index (χ2v) is 23.4. The van der Waals surface area contributed by atoms with Crippen LogP contribution in [-0.4, -0.2) is 233 Å². The summed E-state index contributed by atoms with van der Waals surface area (Å²) < 4.78 is 48.9. The zero-order chi connectivity index (χ0) is 52.6. The molecule has 9 rings (SSSR count). The van der Waals surface area contributed by atoms with Gasteiger partial charge in [-0.25, -0.2) is 0 Å². The lowest BCUT2D eigenvalue weighted by atomic mass is 9.47. The third-order valence-electron chi connectivity index (χ3n) is 19.1. The van der Waals surface area contributed by atoms with Crippen LogP contribution in [0.25, 0.3) is 0 Å². The van der Waals surface area contributed by atoms with Crippen LogP contribution in [0, 0.1) is 40.4 Å². The SMILES string of the molecule is CC1=C(CC[C@@H](C)CO[C@@H]2O[C@H](CO)[C@@H](O)[C@H](O)[C@H]2O)O[C@H]2C[C@H]3[C@@H]4CC=C5C[C@@H](O[C@@H]6O[C@H](CO)[C@H](O[C@@H]7O[C@H](CO)[C@@H](O)[C@H](O)[C@H]7O)[C@H](O)[C@H]6O[C@@H]6C[C@@H](O)[C@H](O)[C@@H](O)[C@H]6O)CC[C@]5(C)[C@H]4CC[C@]3(C)[C@@H]12. The zero-order valence-corrected chi connectivity index (χ0v) is 42.1. The van der Waals surface area contributed by atoms with Gasteiger partial charge in [0.25, 0.3) is 0 Å². The molecule has 14 N–H and O–H groups in total. The third kappa shape index (κ3) is 10.2. The number of ether oxygens (including phenoxy) is 8. The minimum Gasteiger partial charge on any atom is -0.494 e. The highest BCUT2D eigenvalue weighted by molar-refractivity contribution is 5.30. The number of rotatable bonds is 15. The van der Waals surface area contributed by atoms with Crippen molar-refractivity contribution in [2.24, 2.45) is 40.4 Å². The average molecular weight is 1050 g/mol. The summed E-state index contributed by atoms with van der Waals surface area (Å²) in [5.41, 5.74) is 2.51. The van der Waals surface area contributed by atoms with Crippen molar-refractivity contribution in [2.75, 3.05) is 26.4 Å². The smallest absolute Gasteiger partial charge is 0.187 e. The monoisotopic (exact) mass is 1050 g/mol. The minimum absolute atomic E-state index is 0.0510. The molecule has 0 aromatic carbocycles. The van der Waals surface area contributed by atoms with E-state index in [1.54, 1.807) is 0 Å². The number of aliphatic hydroxyl groups excluding tert-OH is 14. The Morgan fingerprint density at radius 2 is 1.27 bits per heavy atom. The number of aliphatic hydroxyl groups is 14. The van der Waals surface area contributed by atoms with E-state index in [2.05, 4.69) is 26.8 Å². The number of hydrogen-bond donors (Lipinski definition) is 14. The van der Waals surface area contributed by atoms with Gasteiger partial charge in [-0.05, 0) is 98.4 Å². The van der Waals surface area contributed by atoms with Gasteiger partial charge in [0.05, 0.1) is 50.5 Å². The Kier molecular flexibility index (Phi) is 17.2. The number of allylic oxidation sites excluding steroid dienone is 2. The summed E-state index contributed by atoms with van der Waals surface area (Å²) in [5, 5.41) is 147. The summed E-state index contributed by atoms with van der Waals surface area (Å²) in [6.45, 7) is 7.30. The summed E-state index contributed by atoms with van der Waals surface area (Å²) in [5.74, 6) is 2.70. The molecular formula is C51H82O22. The van der Waals surface area contributed by atoms with Gasteiger partial charge in [-0.15, -0.1) is 0 Å². The molecule has 3 saturated heterocycles. The van der Waals surface area contributed by atoms with E-state index in [-0.39, 0.29) is 35.9 Å². The molecule has 0 aromatic heterocycles. The van der Waals surface area contributed by atoms with Crippen LogP contribution >= 0.6 is 0 Å². The van der Waals surface area contributed by atoms with Crippen LogP contribution in [0.1, 0.15) is 91.9 Å². The van der Waals surface area contributed by atoms with Crippen molar-refractivity contribution in [1.29, 1.82) is 0 Å². The molecule has 0 bridgehead atoms. The predicted molar refractivity (Wildman–Crippen MR) is 249 cm³/mol. The normalized spacial score (nSPS) is 52.4. The fourth-order valence-corrected chi connectivity index (χ4v) is 14.7. The standard InChI is InChI=1S/C51H82O22/c1-20(19-66-47-42(63)40(61)37(58)31(16-52)70-47)5-8-28-21(2)34-29(68-28)14-26-24-7-6-22-13-23(9-11-50(22,3)25(24)10-12-51(26,34)4)67-49-46(69-30-15-27(55)35(56)39(60)36(30)57)44(65)45(33(18-54)72-49)73-48-43(64)41(62)38(59)32(17-53)71-48/h6,20,23-27,29-49,52-65H,5,7-19H2,1-4H3/t20-,23+,24-,25+,26+,27-,29+,30-,31-,32-,33-,34+,35+,36+,37-,38-,39-,40+,41+,42-,43-,44+,45+,46-,47-,48+,49-,50+,51+/m1/s1. The molecule has 5 aliphatic carbocycles. The van der Waals surface area contributed by atoms with Gasteiger partial charge < -0.3 is 109 Å². The minimum atomic E-state index is -1.85. The van der Waals surface area contributed by atoms with Gasteiger partial charge in [0.1, 0.15) is 97.7 Å². The van der Waals surface area contributed by atoms with Crippen molar-refractivity contribution in [2.45, 2.75) is 227 Å². The largest absolute Gasteiger partial charge is 0.494 e. The van der Waals surface area contributed by atoms with Crippen LogP contribution in [0.3, 0.4) is 0 Å². The van der Waals surface area contributed by atoms with Crippen molar-refractivity contribution in [3.05, 3.63) is 23.0 Å². The number of fused-ring (bicyclic) bond motifs is 7. The number of hydrogen-bond acceptors (Lipinski definition) is 22. The molecule has 9 aliphatic rings. The van der Waals surface area contributed by atoms with Gasteiger partial charge in [0.2, 0.25) is 0 Å². The van der Waals surface area contributed by atoms with Crippen molar-refractivity contribution in [3.63, 3.8) is 0 Å². The molecule has 0 spiro atoms. The highest BCUT2D eigenvalue weighted by atomic mass is 16.8. The maximum absolute atomic E-state index is 12.0. The van der Waals surface area contributed by atoms with Crippen LogP contribution in [0.15, 0.2) is 23.0 Å². The van der Waals surface area contributed by atoms with Crippen LogP contribution < -0.4 is 0 Å². The van der Waals surface area contributed by atoms with Gasteiger partial charge in [-0.1, -0.05) is 32.4 Å². The first kappa shape index (κ1) is 56.2. The van der Waals surface area contributed by atoms with Crippen LogP contribution in [0.4, 0.5) is 0 Å². The van der Waals surface area contributed by atoms with E-state index in [4.69, 9.17) is 37.9 Å². The lowest BCUT2D eigenvalue weighted by Gasteiger charge is -2.58. The van der Waals surface area contributed by atoms with Gasteiger partial charge in [-0.2, -0.15) is 0 Å². The summed E-state index contributed by atoms with van der Waals surface area (Å²) in [4.78, 5) is 0. The predicted octanol–water partition coefficient (Wildman–Crippen LogP) is -2.67. The highest BCUT2D eigenvalue weighted by Crippen LogP contribution is 2.69. The van der Waals surface area contributed by atoms with Gasteiger partial charge in [0.15, 0.2) is 18.9 Å². The topological polar surface area (TPSA) is 357 Å². The van der Waals surface area contributed by atoms with Gasteiger partial charge in [-0.3, -0.25) is 0 Å². The maximum Gasteiger partial charge on any atom is 0.187 e. The molecule has 0 aromatic rings. The van der Waals surface area contributed by atoms with Gasteiger partial charge >= 0.3 is 0 Å². The van der Waals surface area contributed by atoms with Crippen molar-refractivity contribution in [1.82, 2.24) is 0 Å². The Balaban J connectivity index is 0.852. The van der Waals surface area contributed by atoms with E-state index in [1.165, 1.54) is 11.1 Å². The maximum atomic E-state index is 12.0. The molecule has 0 unspecified atom stereocenters. The Morgan fingerprint density at radius 1 is 0.644 bits per heavy atom. The molecule has 4 aliphatic heterocycles. The second kappa shape index (κ2) is 22.3. The van der Waals surface area contributed by atoms with E-state index in [0.717, 1.165) is 50.7 Å². The Morgan fingerprint density at radius 3 is 1.95 bits per heavy atom. The first-order valence-electron chi connectivity index (χ1n) is 26.6. The summed E-state index contributed by atoms with van der Waals surface area (Å²) in [6, 6.07) is 0. The van der Waals surface area contributed by atoms with Crippen LogP contribution in [0.2, 0.25) is 0 Å². The van der Waals surface area contributed by atoms with Gasteiger partial charge in [0, 0.05) is 18.8 Å². The zero-order valence-electron chi connectivity index (χ0n) is 42.1. The van der Waals surface area contributed by atoms with E-state index in [0.29, 0.717) is 36.5 Å². The lowest BCUT2D eigenvalue weighted by Crippen LogP contribution is -2.66. The molecule has 4 saturated carbocycles. The van der Waals surface area contributed by atoms with Crippen molar-refractivity contribution >= 4 is 0 Å². The Hall–Kier alpha value is -1.56. The lowest BCUT2D eigenvalue weighted by molar-refractivity contribution is -0.373. The van der Waals surface area contributed by atoms with E-state index >= 15 is 0 Å². The Bertz CT molecular complexity index is 1940. The van der Waals surface area contributed by atoms with Crippen molar-refractivity contribution in [3.8, 4) is 0 Å². The molecule has 0 radical (unpaired) electrons. The van der Waals surface area contributed by atoms with Crippen LogP contribution in [-0.2, 0) is 37.9 Å². The third-order valence-corrected chi connectivity index (χ3v) is 19.1. The molecular weight excluding hydrogens is 965 g/mol. The quantitative estimate of drug-likeness (QED) is 0.0744. The molecule has 73 heavy (non-hydrogen) atoms. The fraction of sp³-hybridized carbons (Fsp3) is 0.922. The molecule has 22 heteroatoms. The van der Waals surface area contributed by atoms with E-state index in [1.807, 2.05) is 6.92 Å². The summed E-state index contributed by atoms with van der Waals surface area (Å²) in [7, 11) is 0. The molecule has 4 heterocycles. The first-order chi connectivity index (χ1) is 34.6.